The predicted molar refractivity (Wildman–Crippen MR) is 182 cm³/mol. The van der Waals surface area contributed by atoms with Crippen LogP contribution >= 0.6 is 7.82 Å². The number of unbranched alkanes of at least 4 members (excludes halogenated alkanes) is 8. The number of ether oxygens (including phenoxy) is 2. The van der Waals surface area contributed by atoms with Crippen molar-refractivity contribution >= 4 is 25.5 Å². The molecule has 5 N–H and O–H groups in total. The molecule has 0 spiro atoms. The number of carbonyl (C=O) groups excluding carboxylic acids is 3. The predicted octanol–water partition coefficient (Wildman–Crippen LogP) is 5.70. The molecule has 0 saturated heterocycles. The summed E-state index contributed by atoms with van der Waals surface area (Å²) in [7, 11) is -4.83. The molecular formula is C35H63O12P. The summed E-state index contributed by atoms with van der Waals surface area (Å²) in [5.41, 5.74) is 0. The number of carbonyl (C=O) groups is 3. The number of rotatable bonds is 28. The lowest BCUT2D eigenvalue weighted by atomic mass is 9.87. The van der Waals surface area contributed by atoms with Crippen LogP contribution in [0.1, 0.15) is 136 Å². The van der Waals surface area contributed by atoms with E-state index >= 15 is 0 Å². The summed E-state index contributed by atoms with van der Waals surface area (Å²) in [6, 6.07) is 0. The molecule has 0 amide bonds. The highest BCUT2D eigenvalue weighted by Gasteiger charge is 2.41. The van der Waals surface area contributed by atoms with Gasteiger partial charge in [-0.25, -0.2) is 4.57 Å². The average molecular weight is 707 g/mol. The van der Waals surface area contributed by atoms with Crippen molar-refractivity contribution in [1.29, 1.82) is 0 Å². The second-order valence-corrected chi connectivity index (χ2v) is 14.9. The van der Waals surface area contributed by atoms with E-state index in [1.807, 2.05) is 0 Å². The monoisotopic (exact) mass is 706 g/mol. The van der Waals surface area contributed by atoms with Crippen LogP contribution in [-0.4, -0.2) is 80.5 Å². The smallest absolute Gasteiger partial charge is 0.462 e. The van der Waals surface area contributed by atoms with Crippen LogP contribution in [-0.2, 0) is 32.9 Å². The second kappa shape index (κ2) is 25.3. The molecule has 6 atom stereocenters. The summed E-state index contributed by atoms with van der Waals surface area (Å²) in [5.74, 6) is -1.47. The van der Waals surface area contributed by atoms with Crippen LogP contribution in [0.3, 0.4) is 0 Å². The van der Waals surface area contributed by atoms with E-state index < -0.39 is 69.2 Å². The highest BCUT2D eigenvalue weighted by atomic mass is 31.2. The highest BCUT2D eigenvalue weighted by Crippen LogP contribution is 2.37. The molecule has 1 rings (SSSR count). The molecule has 1 aliphatic carbocycles. The normalized spacial score (nSPS) is 21.1. The number of esters is 2. The van der Waals surface area contributed by atoms with Crippen molar-refractivity contribution < 1.29 is 58.1 Å². The van der Waals surface area contributed by atoms with E-state index in [1.165, 1.54) is 12.8 Å². The number of phosphoric ester groups is 1. The number of hydrogen-bond acceptors (Lipinski definition) is 10. The van der Waals surface area contributed by atoms with Gasteiger partial charge in [-0.2, -0.15) is 0 Å². The van der Waals surface area contributed by atoms with Crippen molar-refractivity contribution in [1.82, 2.24) is 0 Å². The Labute approximate surface area is 287 Å². The maximum absolute atomic E-state index is 12.7. The van der Waals surface area contributed by atoms with Gasteiger partial charge in [0.25, 0.3) is 0 Å². The minimum Gasteiger partial charge on any atom is -0.462 e. The van der Waals surface area contributed by atoms with E-state index in [-0.39, 0.29) is 37.9 Å². The van der Waals surface area contributed by atoms with Crippen LogP contribution in [0.2, 0.25) is 0 Å². The molecule has 0 heterocycles. The van der Waals surface area contributed by atoms with Crippen molar-refractivity contribution in [2.45, 2.75) is 161 Å². The Morgan fingerprint density at radius 1 is 0.812 bits per heavy atom. The summed E-state index contributed by atoms with van der Waals surface area (Å²) >= 11 is 0. The Hall–Kier alpha value is -1.66. The lowest BCUT2D eigenvalue weighted by Gasteiger charge is -2.20. The van der Waals surface area contributed by atoms with E-state index in [0.717, 1.165) is 44.9 Å². The lowest BCUT2D eigenvalue weighted by molar-refractivity contribution is -0.161. The number of hydrogen-bond donors (Lipinski definition) is 5. The van der Waals surface area contributed by atoms with Gasteiger partial charge in [0.2, 0.25) is 0 Å². The highest BCUT2D eigenvalue weighted by molar-refractivity contribution is 7.46. The van der Waals surface area contributed by atoms with E-state index in [0.29, 0.717) is 31.6 Å². The van der Waals surface area contributed by atoms with Gasteiger partial charge in [0, 0.05) is 43.9 Å². The van der Waals surface area contributed by atoms with Crippen LogP contribution in [0.5, 0.6) is 0 Å². The van der Waals surface area contributed by atoms with Crippen molar-refractivity contribution in [2.24, 2.45) is 17.8 Å². The van der Waals surface area contributed by atoms with E-state index in [1.54, 1.807) is 12.2 Å². The van der Waals surface area contributed by atoms with Crippen LogP contribution in [0.15, 0.2) is 12.2 Å². The Morgan fingerprint density at radius 3 is 2.08 bits per heavy atom. The van der Waals surface area contributed by atoms with Gasteiger partial charge in [0.1, 0.15) is 12.4 Å². The molecule has 1 fully saturated rings. The van der Waals surface area contributed by atoms with Crippen molar-refractivity contribution in [3.05, 3.63) is 12.2 Å². The third-order valence-electron chi connectivity index (χ3n) is 8.69. The molecule has 1 saturated carbocycles. The van der Waals surface area contributed by atoms with E-state index in [9.17, 15) is 34.3 Å². The molecule has 48 heavy (non-hydrogen) atoms. The first-order chi connectivity index (χ1) is 22.7. The molecule has 280 valence electrons. The molecule has 0 bridgehead atoms. The van der Waals surface area contributed by atoms with Gasteiger partial charge in [0.05, 0.1) is 24.9 Å². The zero-order valence-corrected chi connectivity index (χ0v) is 30.3. The zero-order chi connectivity index (χ0) is 36.0. The number of Topliss-reactive ketones (excluding diaryl/α,β-unsaturated/α-hetero) is 1. The summed E-state index contributed by atoms with van der Waals surface area (Å²) in [5, 5.41) is 31.1. The SMILES string of the molecule is CCCCC[C@H](O)/C=C/[C@@H]1[C@@H](CC(=O)CCCCC(=O)OC[C@H](COP(=O)(O)O)OC(=O)CCCCCCCCC(C)C)[C@@H](O)C[C@H]1O. The van der Waals surface area contributed by atoms with Crippen LogP contribution in [0.4, 0.5) is 0 Å². The Kier molecular flexibility index (Phi) is 23.4. The standard InChI is InChI=1S/C35H63O12P/c1-4-5-10-16-27(36)20-21-30-31(33(39)23-32(30)38)22-28(37)17-13-14-18-34(40)45-24-29(25-46-48(42,43)44)47-35(41)19-12-9-7-6-8-11-15-26(2)3/h20-21,26-27,29-33,36,38-39H,4-19,22-25H2,1-3H3,(H2,42,43,44)/b21-20+/t27-,29+,30+,31+,32+,33-/m0/s1. The molecule has 0 aromatic heterocycles. The molecule has 0 unspecified atom stereocenters. The summed E-state index contributed by atoms with van der Waals surface area (Å²) < 4.78 is 26.1. The van der Waals surface area contributed by atoms with Crippen LogP contribution < -0.4 is 0 Å². The van der Waals surface area contributed by atoms with Gasteiger partial charge in [-0.1, -0.05) is 90.7 Å². The fourth-order valence-corrected chi connectivity index (χ4v) is 6.27. The van der Waals surface area contributed by atoms with Gasteiger partial charge in [-0.15, -0.1) is 0 Å². The number of aliphatic hydroxyl groups is 3. The van der Waals surface area contributed by atoms with Crippen molar-refractivity contribution in [3.63, 3.8) is 0 Å². The molecule has 12 nitrogen and oxygen atoms in total. The molecule has 13 heteroatoms. The summed E-state index contributed by atoms with van der Waals surface area (Å²) in [4.78, 5) is 55.4. The Balaban J connectivity index is 2.41. The van der Waals surface area contributed by atoms with Gasteiger partial charge in [-0.05, 0) is 31.6 Å². The molecule has 0 radical (unpaired) electrons. The minimum atomic E-state index is -4.83. The molecule has 0 aromatic carbocycles. The van der Waals surface area contributed by atoms with Crippen LogP contribution in [0, 0.1) is 17.8 Å². The molecule has 0 aliphatic heterocycles. The molecular weight excluding hydrogens is 643 g/mol. The summed E-state index contributed by atoms with van der Waals surface area (Å²) in [6.45, 7) is 5.42. The summed E-state index contributed by atoms with van der Waals surface area (Å²) in [6.07, 6.45) is 11.9. The first-order valence-corrected chi connectivity index (χ1v) is 19.5. The van der Waals surface area contributed by atoms with Gasteiger partial charge in [-0.3, -0.25) is 18.9 Å². The Bertz CT molecular complexity index is 981. The van der Waals surface area contributed by atoms with Crippen molar-refractivity contribution in [2.75, 3.05) is 13.2 Å². The third-order valence-corrected chi connectivity index (χ3v) is 9.18. The minimum absolute atomic E-state index is 0.0173. The first kappa shape index (κ1) is 44.4. The quantitative estimate of drug-likeness (QED) is 0.0288. The lowest BCUT2D eigenvalue weighted by Crippen LogP contribution is -2.29. The first-order valence-electron chi connectivity index (χ1n) is 18.0. The molecule has 1 aliphatic rings. The van der Waals surface area contributed by atoms with Crippen molar-refractivity contribution in [3.8, 4) is 0 Å². The number of ketones is 1. The van der Waals surface area contributed by atoms with Gasteiger partial charge >= 0.3 is 19.8 Å². The van der Waals surface area contributed by atoms with Crippen LogP contribution in [0.25, 0.3) is 0 Å². The number of aliphatic hydroxyl groups excluding tert-OH is 3. The zero-order valence-electron chi connectivity index (χ0n) is 29.4. The topological polar surface area (TPSA) is 197 Å². The fraction of sp³-hybridized carbons (Fsp3) is 0.857. The maximum atomic E-state index is 12.7. The molecule has 0 aromatic rings. The third kappa shape index (κ3) is 22.1. The van der Waals surface area contributed by atoms with E-state index in [4.69, 9.17) is 19.3 Å². The van der Waals surface area contributed by atoms with Gasteiger partial charge < -0.3 is 34.6 Å². The van der Waals surface area contributed by atoms with E-state index in [2.05, 4.69) is 25.3 Å². The fourth-order valence-electron chi connectivity index (χ4n) is 5.91. The Morgan fingerprint density at radius 2 is 1.42 bits per heavy atom. The average Bonchev–Trinajstić information content (AvgIpc) is 3.27. The maximum Gasteiger partial charge on any atom is 0.469 e. The number of phosphoric acid groups is 1. The second-order valence-electron chi connectivity index (χ2n) is 13.6. The van der Waals surface area contributed by atoms with Gasteiger partial charge in [0.15, 0.2) is 6.10 Å². The largest absolute Gasteiger partial charge is 0.469 e.